The number of halogens is 2. The van der Waals surface area contributed by atoms with Gasteiger partial charge in [0.1, 0.15) is 17.3 Å². The van der Waals surface area contributed by atoms with E-state index in [1.807, 2.05) is 4.90 Å². The molecule has 3 rings (SSSR count). The van der Waals surface area contributed by atoms with Gasteiger partial charge in [0.05, 0.1) is 0 Å². The third kappa shape index (κ3) is 3.35. The number of amides is 2. The molecule has 6 heteroatoms. The fourth-order valence-electron chi connectivity index (χ4n) is 3.12. The summed E-state index contributed by atoms with van der Waals surface area (Å²) in [5.74, 6) is -1.92. The van der Waals surface area contributed by atoms with Gasteiger partial charge >= 0.3 is 0 Å². The molecule has 2 fully saturated rings. The van der Waals surface area contributed by atoms with Crippen molar-refractivity contribution >= 4 is 17.5 Å². The summed E-state index contributed by atoms with van der Waals surface area (Å²) in [6, 6.07) is 3.47. The van der Waals surface area contributed by atoms with Crippen molar-refractivity contribution in [3.05, 3.63) is 29.8 Å². The zero-order valence-electron chi connectivity index (χ0n) is 12.9. The van der Waals surface area contributed by atoms with Gasteiger partial charge in [-0.1, -0.05) is 12.5 Å². The number of benzene rings is 1. The van der Waals surface area contributed by atoms with Gasteiger partial charge in [-0.2, -0.15) is 0 Å². The van der Waals surface area contributed by atoms with Crippen LogP contribution in [0.2, 0.25) is 0 Å². The zero-order chi connectivity index (χ0) is 16.4. The highest BCUT2D eigenvalue weighted by Gasteiger charge is 2.33. The number of para-hydroxylation sites is 1. The minimum absolute atomic E-state index is 0.160. The molecule has 0 aromatic heterocycles. The Hall–Kier alpha value is -1.98. The van der Waals surface area contributed by atoms with Crippen molar-refractivity contribution in [1.29, 1.82) is 0 Å². The van der Waals surface area contributed by atoms with E-state index in [2.05, 4.69) is 5.32 Å². The van der Waals surface area contributed by atoms with Gasteiger partial charge in [-0.15, -0.1) is 0 Å². The third-order valence-corrected chi connectivity index (χ3v) is 4.84. The van der Waals surface area contributed by atoms with Gasteiger partial charge in [0.15, 0.2) is 0 Å². The molecule has 4 nitrogen and oxygen atoms in total. The van der Waals surface area contributed by atoms with Crippen LogP contribution in [0.5, 0.6) is 0 Å². The maximum atomic E-state index is 13.6. The molecule has 1 aromatic rings. The average Bonchev–Trinajstić information content (AvgIpc) is 2.49. The summed E-state index contributed by atoms with van der Waals surface area (Å²) >= 11 is 0. The van der Waals surface area contributed by atoms with Crippen LogP contribution in [-0.2, 0) is 9.59 Å². The summed E-state index contributed by atoms with van der Waals surface area (Å²) in [5, 5.41) is 2.34. The number of anilines is 1. The van der Waals surface area contributed by atoms with Crippen LogP contribution in [0.4, 0.5) is 14.5 Å². The predicted molar refractivity (Wildman–Crippen MR) is 81.6 cm³/mol. The highest BCUT2D eigenvalue weighted by Crippen LogP contribution is 2.30. The largest absolute Gasteiger partial charge is 0.342 e. The first-order valence-corrected chi connectivity index (χ1v) is 8.10. The minimum atomic E-state index is -0.782. The van der Waals surface area contributed by atoms with Crippen molar-refractivity contribution in [3.8, 4) is 0 Å². The number of nitrogens with one attached hydrogen (secondary N) is 1. The summed E-state index contributed by atoms with van der Waals surface area (Å²) in [7, 11) is 0. The molecule has 0 bridgehead atoms. The number of hydrogen-bond donors (Lipinski definition) is 1. The summed E-state index contributed by atoms with van der Waals surface area (Å²) in [6.45, 7) is 1.07. The maximum Gasteiger partial charge on any atom is 0.227 e. The lowest BCUT2D eigenvalue weighted by Gasteiger charge is -2.36. The lowest BCUT2D eigenvalue weighted by Crippen LogP contribution is -2.45. The molecule has 1 aliphatic heterocycles. The van der Waals surface area contributed by atoms with Gasteiger partial charge in [0, 0.05) is 24.9 Å². The minimum Gasteiger partial charge on any atom is -0.342 e. The average molecular weight is 322 g/mol. The Balaban J connectivity index is 1.55. The van der Waals surface area contributed by atoms with E-state index in [0.29, 0.717) is 25.9 Å². The normalized spacial score (nSPS) is 19.3. The van der Waals surface area contributed by atoms with Crippen LogP contribution in [0.15, 0.2) is 18.2 Å². The number of carbonyl (C=O) groups is 2. The molecule has 2 amide bonds. The Bertz CT molecular complexity index is 588. The van der Waals surface area contributed by atoms with Crippen LogP contribution in [0, 0.1) is 23.5 Å². The SMILES string of the molecule is O=C(Nc1c(F)cccc1F)C1CCN(C(=O)C2CCC2)CC1. The molecular weight excluding hydrogens is 302 g/mol. The van der Waals surface area contributed by atoms with E-state index in [0.717, 1.165) is 31.4 Å². The van der Waals surface area contributed by atoms with Crippen molar-refractivity contribution in [2.24, 2.45) is 11.8 Å². The second-order valence-corrected chi connectivity index (χ2v) is 6.31. The topological polar surface area (TPSA) is 49.4 Å². The molecule has 1 heterocycles. The van der Waals surface area contributed by atoms with Gasteiger partial charge in [0.25, 0.3) is 0 Å². The Morgan fingerprint density at radius 1 is 1.00 bits per heavy atom. The van der Waals surface area contributed by atoms with Crippen LogP contribution < -0.4 is 5.32 Å². The molecule has 1 aromatic carbocycles. The highest BCUT2D eigenvalue weighted by molar-refractivity contribution is 5.93. The van der Waals surface area contributed by atoms with Crippen molar-refractivity contribution < 1.29 is 18.4 Å². The van der Waals surface area contributed by atoms with Gasteiger partial charge in [-0.05, 0) is 37.8 Å². The number of nitrogens with zero attached hydrogens (tertiary/aromatic N) is 1. The summed E-state index contributed by atoms with van der Waals surface area (Å²) in [6.07, 6.45) is 4.10. The Labute approximate surface area is 133 Å². The predicted octanol–water partition coefficient (Wildman–Crippen LogP) is 2.94. The van der Waals surface area contributed by atoms with E-state index >= 15 is 0 Å². The maximum absolute atomic E-state index is 13.6. The molecular formula is C17H20F2N2O2. The molecule has 23 heavy (non-hydrogen) atoms. The van der Waals surface area contributed by atoms with Crippen molar-refractivity contribution in [2.45, 2.75) is 32.1 Å². The van der Waals surface area contributed by atoms with E-state index in [1.54, 1.807) is 0 Å². The van der Waals surface area contributed by atoms with E-state index < -0.39 is 17.3 Å². The quantitative estimate of drug-likeness (QED) is 0.930. The van der Waals surface area contributed by atoms with E-state index in [1.165, 1.54) is 6.07 Å². The van der Waals surface area contributed by atoms with Crippen molar-refractivity contribution in [2.75, 3.05) is 18.4 Å². The molecule has 0 radical (unpaired) electrons. The van der Waals surface area contributed by atoms with E-state index in [4.69, 9.17) is 0 Å². The van der Waals surface area contributed by atoms with Gasteiger partial charge in [-0.3, -0.25) is 9.59 Å². The van der Waals surface area contributed by atoms with Crippen molar-refractivity contribution in [1.82, 2.24) is 4.90 Å². The number of piperidine rings is 1. The highest BCUT2D eigenvalue weighted by atomic mass is 19.1. The molecule has 1 aliphatic carbocycles. The molecule has 0 atom stereocenters. The molecule has 1 saturated carbocycles. The summed E-state index contributed by atoms with van der Waals surface area (Å²) in [4.78, 5) is 26.2. The van der Waals surface area contributed by atoms with Crippen molar-refractivity contribution in [3.63, 3.8) is 0 Å². The molecule has 0 unspecified atom stereocenters. The molecule has 2 aliphatic rings. The first-order chi connectivity index (χ1) is 11.1. The second kappa shape index (κ2) is 6.64. The fourth-order valence-corrected chi connectivity index (χ4v) is 3.12. The standard InChI is InChI=1S/C17H20F2N2O2/c18-13-5-2-6-14(19)15(13)20-16(22)11-7-9-21(10-8-11)17(23)12-3-1-4-12/h2,5-6,11-12H,1,3-4,7-10H2,(H,20,22). The van der Waals surface area contributed by atoms with Crippen LogP contribution in [0.3, 0.4) is 0 Å². The van der Waals surface area contributed by atoms with Crippen LogP contribution in [-0.4, -0.2) is 29.8 Å². The van der Waals surface area contributed by atoms with Crippen LogP contribution in [0.25, 0.3) is 0 Å². The monoisotopic (exact) mass is 322 g/mol. The lowest BCUT2D eigenvalue weighted by molar-refractivity contribution is -0.140. The number of likely N-dealkylation sites (tertiary alicyclic amines) is 1. The van der Waals surface area contributed by atoms with Gasteiger partial charge in [-0.25, -0.2) is 8.78 Å². The van der Waals surface area contributed by atoms with E-state index in [-0.39, 0.29) is 23.7 Å². The fraction of sp³-hybridized carbons (Fsp3) is 0.529. The third-order valence-electron chi connectivity index (χ3n) is 4.84. The number of carbonyl (C=O) groups excluding carboxylic acids is 2. The first-order valence-electron chi connectivity index (χ1n) is 8.10. The molecule has 1 saturated heterocycles. The van der Waals surface area contributed by atoms with E-state index in [9.17, 15) is 18.4 Å². The summed E-state index contributed by atoms with van der Waals surface area (Å²) in [5.41, 5.74) is -0.398. The number of rotatable bonds is 3. The van der Waals surface area contributed by atoms with Gasteiger partial charge < -0.3 is 10.2 Å². The Morgan fingerprint density at radius 2 is 1.61 bits per heavy atom. The number of hydrogen-bond acceptors (Lipinski definition) is 2. The molecule has 0 spiro atoms. The Kier molecular flexibility index (Phi) is 4.59. The lowest BCUT2D eigenvalue weighted by atomic mass is 9.83. The zero-order valence-corrected chi connectivity index (χ0v) is 12.9. The Morgan fingerprint density at radius 3 is 2.13 bits per heavy atom. The molecule has 1 N–H and O–H groups in total. The molecule has 124 valence electrons. The van der Waals surface area contributed by atoms with Crippen LogP contribution in [0.1, 0.15) is 32.1 Å². The van der Waals surface area contributed by atoms with Gasteiger partial charge in [0.2, 0.25) is 11.8 Å². The first kappa shape index (κ1) is 15.9. The second-order valence-electron chi connectivity index (χ2n) is 6.31. The van der Waals surface area contributed by atoms with Crippen LogP contribution >= 0.6 is 0 Å². The smallest absolute Gasteiger partial charge is 0.227 e. The summed E-state index contributed by atoms with van der Waals surface area (Å²) < 4.78 is 27.1.